The van der Waals surface area contributed by atoms with Crippen LogP contribution in [0.2, 0.25) is 0 Å². The van der Waals surface area contributed by atoms with Crippen molar-refractivity contribution in [2.45, 2.75) is 38.1 Å². The molecule has 2 heterocycles. The van der Waals surface area contributed by atoms with E-state index in [1.54, 1.807) is 0 Å². The number of rotatable bonds is 2. The number of nitrogens with zero attached hydrogens (tertiary/aromatic N) is 3. The van der Waals surface area contributed by atoms with Gasteiger partial charge in [0, 0.05) is 25.7 Å². The molecule has 0 radical (unpaired) electrons. The van der Waals surface area contributed by atoms with Gasteiger partial charge in [-0.1, -0.05) is 12.8 Å². The summed E-state index contributed by atoms with van der Waals surface area (Å²) in [5, 5.41) is 7.41. The number of hydrogen-bond donors (Lipinski definition) is 1. The summed E-state index contributed by atoms with van der Waals surface area (Å²) in [6, 6.07) is 0.537. The van der Waals surface area contributed by atoms with Crippen LogP contribution in [0, 0.1) is 4.77 Å². The summed E-state index contributed by atoms with van der Waals surface area (Å²) in [5.74, 6) is 1.01. The van der Waals surface area contributed by atoms with Crippen molar-refractivity contribution >= 4 is 18.2 Å². The molecule has 2 fully saturated rings. The van der Waals surface area contributed by atoms with Gasteiger partial charge in [0.2, 0.25) is 5.95 Å². The lowest BCUT2D eigenvalue weighted by molar-refractivity contribution is 0.152. The average molecular weight is 268 g/mol. The lowest BCUT2D eigenvalue weighted by Gasteiger charge is -2.23. The number of aromatic amines is 1. The maximum Gasteiger partial charge on any atom is 0.226 e. The van der Waals surface area contributed by atoms with Crippen molar-refractivity contribution in [1.29, 1.82) is 0 Å². The molecule has 0 aromatic carbocycles. The summed E-state index contributed by atoms with van der Waals surface area (Å²) in [6.07, 6.45) is 6.13. The van der Waals surface area contributed by atoms with E-state index in [0.29, 0.717) is 6.04 Å². The molecule has 3 rings (SSSR count). The molecule has 0 spiro atoms. The first-order valence-corrected chi connectivity index (χ1v) is 7.26. The first-order chi connectivity index (χ1) is 8.86. The second-order valence-electron chi connectivity index (χ2n) is 5.09. The van der Waals surface area contributed by atoms with E-state index >= 15 is 0 Å². The fraction of sp³-hybridized carbons (Fsp3) is 0.833. The van der Waals surface area contributed by atoms with Gasteiger partial charge < -0.3 is 9.64 Å². The highest BCUT2D eigenvalue weighted by atomic mass is 32.1. The maximum absolute atomic E-state index is 5.50. The van der Waals surface area contributed by atoms with Crippen LogP contribution in [-0.2, 0) is 4.74 Å². The van der Waals surface area contributed by atoms with Gasteiger partial charge in [0.15, 0.2) is 4.77 Å². The molecule has 1 aromatic heterocycles. The van der Waals surface area contributed by atoms with Gasteiger partial charge in [-0.2, -0.15) is 0 Å². The van der Waals surface area contributed by atoms with Gasteiger partial charge in [0.1, 0.15) is 0 Å². The summed E-state index contributed by atoms with van der Waals surface area (Å²) in [7, 11) is 0. The molecule has 0 amide bonds. The predicted molar refractivity (Wildman–Crippen MR) is 72.6 cm³/mol. The van der Waals surface area contributed by atoms with Crippen LogP contribution in [0.5, 0.6) is 0 Å². The Bertz CT molecular complexity index is 441. The third kappa shape index (κ3) is 2.31. The Morgan fingerprint density at radius 1 is 1.17 bits per heavy atom. The van der Waals surface area contributed by atoms with Crippen molar-refractivity contribution in [3.63, 3.8) is 0 Å². The summed E-state index contributed by atoms with van der Waals surface area (Å²) in [4.78, 5) is 2.30. The Morgan fingerprint density at radius 3 is 2.83 bits per heavy atom. The van der Waals surface area contributed by atoms with Gasteiger partial charge in [-0.15, -0.1) is 5.10 Å². The number of H-pyrrole nitrogens is 1. The molecule has 1 aliphatic carbocycles. The van der Waals surface area contributed by atoms with E-state index in [-0.39, 0.29) is 0 Å². The number of nitrogens with one attached hydrogen (secondary N) is 1. The van der Waals surface area contributed by atoms with Crippen LogP contribution in [0.1, 0.15) is 38.1 Å². The van der Waals surface area contributed by atoms with Gasteiger partial charge >= 0.3 is 0 Å². The molecule has 1 saturated carbocycles. The van der Waals surface area contributed by atoms with Gasteiger partial charge in [-0.05, 0) is 31.5 Å². The Kier molecular flexibility index (Phi) is 3.65. The summed E-state index contributed by atoms with van der Waals surface area (Å²) in [5.41, 5.74) is 0. The maximum atomic E-state index is 5.50. The van der Waals surface area contributed by atoms with Gasteiger partial charge in [0.25, 0.3) is 0 Å². The highest BCUT2D eigenvalue weighted by Crippen LogP contribution is 2.32. The number of aromatic nitrogens is 3. The quantitative estimate of drug-likeness (QED) is 0.836. The molecule has 1 saturated heterocycles. The first kappa shape index (κ1) is 12.2. The molecule has 0 unspecified atom stereocenters. The monoisotopic (exact) mass is 268 g/mol. The zero-order valence-electron chi connectivity index (χ0n) is 10.6. The van der Waals surface area contributed by atoms with Gasteiger partial charge in [0.05, 0.1) is 6.61 Å². The molecular weight excluding hydrogens is 248 g/mol. The van der Waals surface area contributed by atoms with Crippen LogP contribution in [0.25, 0.3) is 0 Å². The predicted octanol–water partition coefficient (Wildman–Crippen LogP) is 2.28. The van der Waals surface area contributed by atoms with Crippen LogP contribution in [0.15, 0.2) is 0 Å². The minimum atomic E-state index is 0.537. The normalized spacial score (nSPS) is 22.3. The zero-order chi connectivity index (χ0) is 12.4. The minimum Gasteiger partial charge on any atom is -0.380 e. The van der Waals surface area contributed by atoms with Crippen LogP contribution in [-0.4, -0.2) is 41.1 Å². The van der Waals surface area contributed by atoms with Crippen molar-refractivity contribution in [2.24, 2.45) is 0 Å². The fourth-order valence-corrected chi connectivity index (χ4v) is 3.23. The van der Waals surface area contributed by atoms with Crippen molar-refractivity contribution in [3.05, 3.63) is 4.77 Å². The van der Waals surface area contributed by atoms with Crippen LogP contribution in [0.3, 0.4) is 0 Å². The van der Waals surface area contributed by atoms with E-state index < -0.39 is 0 Å². The molecule has 2 aliphatic rings. The lowest BCUT2D eigenvalue weighted by Crippen LogP contribution is -2.29. The van der Waals surface area contributed by atoms with E-state index in [0.717, 1.165) is 43.4 Å². The topological polar surface area (TPSA) is 46.1 Å². The standard InChI is InChI=1S/C12H20N4OS/c18-12-14-13-11(15-6-3-8-17-9-7-15)16(12)10-4-1-2-5-10/h10H,1-9H2,(H,14,18). The molecule has 1 N–H and O–H groups in total. The summed E-state index contributed by atoms with van der Waals surface area (Å²) >= 11 is 5.40. The van der Waals surface area contributed by atoms with Crippen LogP contribution in [0.4, 0.5) is 5.95 Å². The van der Waals surface area contributed by atoms with Gasteiger partial charge in [-0.3, -0.25) is 4.57 Å². The van der Waals surface area contributed by atoms with Crippen LogP contribution >= 0.6 is 12.2 Å². The third-order valence-electron chi connectivity index (χ3n) is 3.88. The van der Waals surface area contributed by atoms with Crippen molar-refractivity contribution in [3.8, 4) is 0 Å². The second-order valence-corrected chi connectivity index (χ2v) is 5.48. The molecule has 100 valence electrons. The zero-order valence-corrected chi connectivity index (χ0v) is 11.4. The highest BCUT2D eigenvalue weighted by Gasteiger charge is 2.24. The summed E-state index contributed by atoms with van der Waals surface area (Å²) in [6.45, 7) is 3.55. The molecule has 1 aromatic rings. The molecule has 6 heteroatoms. The van der Waals surface area contributed by atoms with E-state index in [1.807, 2.05) is 0 Å². The Labute approximate surface area is 112 Å². The smallest absolute Gasteiger partial charge is 0.226 e. The number of ether oxygens (including phenoxy) is 1. The Hall–Kier alpha value is -0.880. The fourth-order valence-electron chi connectivity index (χ4n) is 2.96. The minimum absolute atomic E-state index is 0.537. The van der Waals surface area contributed by atoms with E-state index in [2.05, 4.69) is 19.7 Å². The highest BCUT2D eigenvalue weighted by molar-refractivity contribution is 7.71. The van der Waals surface area contributed by atoms with E-state index in [4.69, 9.17) is 17.0 Å². The largest absolute Gasteiger partial charge is 0.380 e. The molecule has 0 bridgehead atoms. The molecule has 1 aliphatic heterocycles. The summed E-state index contributed by atoms with van der Waals surface area (Å²) < 4.78 is 8.50. The van der Waals surface area contributed by atoms with Crippen molar-refractivity contribution in [1.82, 2.24) is 14.8 Å². The SMILES string of the molecule is S=c1[nH]nc(N2CCCOCC2)n1C1CCCC1. The Morgan fingerprint density at radius 2 is 2.00 bits per heavy atom. The third-order valence-corrected chi connectivity index (χ3v) is 4.17. The van der Waals surface area contributed by atoms with Crippen LogP contribution < -0.4 is 4.90 Å². The first-order valence-electron chi connectivity index (χ1n) is 6.86. The molecular formula is C12H20N4OS. The molecule has 0 atom stereocenters. The van der Waals surface area contributed by atoms with E-state index in [9.17, 15) is 0 Å². The molecule has 18 heavy (non-hydrogen) atoms. The van der Waals surface area contributed by atoms with Crippen molar-refractivity contribution < 1.29 is 4.74 Å². The second kappa shape index (κ2) is 5.40. The average Bonchev–Trinajstić information content (AvgIpc) is 2.92. The lowest BCUT2D eigenvalue weighted by atomic mass is 10.2. The van der Waals surface area contributed by atoms with Crippen molar-refractivity contribution in [2.75, 3.05) is 31.2 Å². The van der Waals surface area contributed by atoms with E-state index in [1.165, 1.54) is 25.7 Å². The van der Waals surface area contributed by atoms with Gasteiger partial charge in [-0.25, -0.2) is 5.10 Å². The number of hydrogen-bond acceptors (Lipinski definition) is 4. The Balaban J connectivity index is 1.88. The molecule has 5 nitrogen and oxygen atoms in total. The number of anilines is 1.